The summed E-state index contributed by atoms with van der Waals surface area (Å²) in [6, 6.07) is 12.2. The van der Waals surface area contributed by atoms with E-state index in [1.807, 2.05) is 11.3 Å². The molecular weight excluding hydrogens is 214 g/mol. The van der Waals surface area contributed by atoms with E-state index in [0.29, 0.717) is 0 Å². The number of fused-ring (bicyclic) bond motifs is 2. The van der Waals surface area contributed by atoms with Gasteiger partial charge in [-0.3, -0.25) is 4.48 Å². The Kier molecular flexibility index (Phi) is 1.65. The first-order chi connectivity index (χ1) is 7.78. The third kappa shape index (κ3) is 1.09. The number of hydrogen-bond acceptors (Lipinski definition) is 1. The molecule has 2 aliphatic heterocycles. The van der Waals surface area contributed by atoms with Crippen LogP contribution in [0.4, 0.5) is 5.00 Å². The normalized spacial score (nSPS) is 36.6. The van der Waals surface area contributed by atoms with Gasteiger partial charge in [0.25, 0.3) is 0 Å². The number of hydrogen-bond donors (Lipinski definition) is 0. The number of rotatable bonds is 1. The molecule has 0 radical (unpaired) electrons. The van der Waals surface area contributed by atoms with Gasteiger partial charge >= 0.3 is 0 Å². The lowest BCUT2D eigenvalue weighted by molar-refractivity contribution is 0.508. The highest BCUT2D eigenvalue weighted by atomic mass is 32.1. The van der Waals surface area contributed by atoms with E-state index in [4.69, 9.17) is 0 Å². The van der Waals surface area contributed by atoms with Crippen molar-refractivity contribution >= 4 is 26.4 Å². The maximum Gasteiger partial charge on any atom is 0.190 e. The second-order valence-corrected chi connectivity index (χ2v) is 6.58. The van der Waals surface area contributed by atoms with Gasteiger partial charge in [-0.05, 0) is 11.5 Å². The maximum absolute atomic E-state index is 2.43. The summed E-state index contributed by atoms with van der Waals surface area (Å²) in [6.07, 6.45) is 1.44. The molecule has 3 heterocycles. The molecule has 3 atom stereocenters. The molecule has 2 heteroatoms. The second kappa shape index (κ2) is 2.88. The largest absolute Gasteiger partial charge is 0.270 e. The Bertz CT molecular complexity index is 526. The minimum Gasteiger partial charge on any atom is -0.270 e. The van der Waals surface area contributed by atoms with Gasteiger partial charge in [-0.2, -0.15) is 0 Å². The van der Waals surface area contributed by atoms with Crippen LogP contribution < -0.4 is 4.48 Å². The summed E-state index contributed by atoms with van der Waals surface area (Å²) in [4.78, 5) is 0. The van der Waals surface area contributed by atoms with Gasteiger partial charge in [0.2, 0.25) is 0 Å². The zero-order valence-corrected chi connectivity index (χ0v) is 10.3. The Morgan fingerprint density at radius 2 is 2.12 bits per heavy atom. The van der Waals surface area contributed by atoms with Gasteiger partial charge in [-0.25, -0.2) is 0 Å². The van der Waals surface area contributed by atoms with Crippen LogP contribution in [0.1, 0.15) is 13.3 Å². The SMILES string of the molecule is CC1C[C@@H]2C[N@+]2(c2cc3ccccc3s2)C1. The number of piperidine rings is 1. The molecule has 1 aromatic carbocycles. The van der Waals surface area contributed by atoms with E-state index in [1.165, 1.54) is 34.1 Å². The van der Waals surface area contributed by atoms with Crippen molar-refractivity contribution in [3.8, 4) is 0 Å². The average molecular weight is 230 g/mol. The van der Waals surface area contributed by atoms with E-state index in [2.05, 4.69) is 37.3 Å². The summed E-state index contributed by atoms with van der Waals surface area (Å²) >= 11 is 2.01. The zero-order valence-electron chi connectivity index (χ0n) is 9.52. The van der Waals surface area contributed by atoms with Crippen molar-refractivity contribution in [2.45, 2.75) is 19.4 Å². The van der Waals surface area contributed by atoms with Crippen molar-refractivity contribution in [2.24, 2.45) is 5.92 Å². The minimum absolute atomic E-state index is 0.920. The molecular formula is C14H16NS+. The fourth-order valence-electron chi connectivity index (χ4n) is 3.47. The van der Waals surface area contributed by atoms with Gasteiger partial charge in [-0.15, -0.1) is 0 Å². The van der Waals surface area contributed by atoms with Crippen LogP contribution in [0.2, 0.25) is 0 Å². The Hall–Kier alpha value is -0.860. The third-order valence-electron chi connectivity index (χ3n) is 4.27. The van der Waals surface area contributed by atoms with E-state index < -0.39 is 0 Å². The van der Waals surface area contributed by atoms with Crippen LogP contribution in [0.5, 0.6) is 0 Å². The lowest BCUT2D eigenvalue weighted by Crippen LogP contribution is -2.26. The lowest BCUT2D eigenvalue weighted by atomic mass is 10.1. The van der Waals surface area contributed by atoms with Crippen LogP contribution in [0, 0.1) is 5.92 Å². The maximum atomic E-state index is 2.43. The molecule has 0 amide bonds. The summed E-state index contributed by atoms with van der Waals surface area (Å²) in [6.45, 7) is 5.17. The highest BCUT2D eigenvalue weighted by Crippen LogP contribution is 2.51. The van der Waals surface area contributed by atoms with Gasteiger partial charge in [-0.1, -0.05) is 36.5 Å². The Balaban J connectivity index is 1.83. The molecule has 2 aromatic rings. The topological polar surface area (TPSA) is 0 Å². The molecule has 0 spiro atoms. The fraction of sp³-hybridized carbons (Fsp3) is 0.429. The van der Waals surface area contributed by atoms with Crippen LogP contribution in [-0.2, 0) is 0 Å². The van der Waals surface area contributed by atoms with Crippen molar-refractivity contribution in [3.63, 3.8) is 0 Å². The number of nitrogens with zero attached hydrogens (tertiary/aromatic N) is 1. The van der Waals surface area contributed by atoms with Crippen LogP contribution in [0.25, 0.3) is 10.1 Å². The summed E-state index contributed by atoms with van der Waals surface area (Å²) in [7, 11) is 0. The predicted molar refractivity (Wildman–Crippen MR) is 70.9 cm³/mol. The Morgan fingerprint density at radius 3 is 2.88 bits per heavy atom. The molecule has 0 saturated carbocycles. The van der Waals surface area contributed by atoms with E-state index in [0.717, 1.165) is 12.0 Å². The summed E-state index contributed by atoms with van der Waals surface area (Å²) in [5.74, 6) is 0.920. The lowest BCUT2D eigenvalue weighted by Gasteiger charge is -2.13. The van der Waals surface area contributed by atoms with Crippen molar-refractivity contribution < 1.29 is 0 Å². The van der Waals surface area contributed by atoms with Gasteiger partial charge in [0, 0.05) is 23.1 Å². The molecule has 16 heavy (non-hydrogen) atoms. The highest BCUT2D eigenvalue weighted by Gasteiger charge is 2.62. The summed E-state index contributed by atoms with van der Waals surface area (Å²) < 4.78 is 2.76. The minimum atomic E-state index is 0.920. The fourth-order valence-corrected chi connectivity index (χ4v) is 4.75. The van der Waals surface area contributed by atoms with E-state index >= 15 is 0 Å². The molecule has 2 saturated heterocycles. The quantitative estimate of drug-likeness (QED) is 0.518. The molecule has 2 fully saturated rings. The van der Waals surface area contributed by atoms with E-state index in [-0.39, 0.29) is 0 Å². The summed E-state index contributed by atoms with van der Waals surface area (Å²) in [5, 5.41) is 3.04. The monoisotopic (exact) mass is 230 g/mol. The highest BCUT2D eigenvalue weighted by molar-refractivity contribution is 7.22. The average Bonchev–Trinajstić information content (AvgIpc) is 2.71. The molecule has 0 bridgehead atoms. The van der Waals surface area contributed by atoms with Crippen molar-refractivity contribution in [2.75, 3.05) is 13.1 Å². The number of thiophene rings is 1. The number of quaternary nitrogens is 1. The molecule has 1 nitrogen and oxygen atoms in total. The standard InChI is InChI=1S/C14H16NS/c1-10-6-12-9-15(12,8-10)14-7-11-4-2-3-5-13(11)16-14/h2-5,7,10,12H,6,8-9H2,1H3/q+1/t10?,12-,15-/m1/s1. The van der Waals surface area contributed by atoms with Crippen molar-refractivity contribution in [3.05, 3.63) is 30.3 Å². The van der Waals surface area contributed by atoms with Crippen LogP contribution in [-0.4, -0.2) is 19.1 Å². The van der Waals surface area contributed by atoms with Crippen molar-refractivity contribution in [1.82, 2.24) is 4.48 Å². The number of benzene rings is 1. The molecule has 1 aromatic heterocycles. The first-order valence-corrected chi connectivity index (χ1v) is 6.95. The molecule has 0 N–H and O–H groups in total. The van der Waals surface area contributed by atoms with Gasteiger partial charge in [0.05, 0.1) is 6.54 Å². The molecule has 2 aliphatic rings. The van der Waals surface area contributed by atoms with Crippen molar-refractivity contribution in [1.29, 1.82) is 0 Å². The molecule has 4 rings (SSSR count). The zero-order chi connectivity index (χ0) is 10.8. The molecule has 82 valence electrons. The van der Waals surface area contributed by atoms with Gasteiger partial charge in [0.1, 0.15) is 12.6 Å². The smallest absolute Gasteiger partial charge is 0.190 e. The molecule has 0 aliphatic carbocycles. The third-order valence-corrected chi connectivity index (χ3v) is 5.55. The first-order valence-electron chi connectivity index (χ1n) is 6.14. The van der Waals surface area contributed by atoms with Gasteiger partial charge in [0.15, 0.2) is 5.00 Å². The van der Waals surface area contributed by atoms with E-state index in [9.17, 15) is 0 Å². The molecule has 1 unspecified atom stereocenters. The Labute approximate surface area is 99.9 Å². The van der Waals surface area contributed by atoms with E-state index in [1.54, 1.807) is 5.00 Å². The Morgan fingerprint density at radius 1 is 1.25 bits per heavy atom. The second-order valence-electron chi connectivity index (χ2n) is 5.52. The van der Waals surface area contributed by atoms with Crippen LogP contribution >= 0.6 is 11.3 Å². The van der Waals surface area contributed by atoms with Crippen LogP contribution in [0.3, 0.4) is 0 Å². The first kappa shape index (κ1) is 9.20. The summed E-state index contributed by atoms with van der Waals surface area (Å²) in [5.41, 5.74) is 0. The van der Waals surface area contributed by atoms with Gasteiger partial charge < -0.3 is 0 Å². The predicted octanol–water partition coefficient (Wildman–Crippen LogP) is 3.63. The van der Waals surface area contributed by atoms with Crippen LogP contribution in [0.15, 0.2) is 30.3 Å².